The molecule has 0 radical (unpaired) electrons. The van der Waals surface area contributed by atoms with Gasteiger partial charge in [-0.15, -0.1) is 22.7 Å². The second-order valence-electron chi connectivity index (χ2n) is 4.85. The maximum Gasteiger partial charge on any atom is 0.125 e. The molecular formula is C14H13N3S2. The molecule has 0 aromatic carbocycles. The maximum atomic E-state index is 6.14. The molecule has 1 aliphatic rings. The van der Waals surface area contributed by atoms with Crippen LogP contribution in [0.4, 0.5) is 0 Å². The first kappa shape index (κ1) is 11.5. The summed E-state index contributed by atoms with van der Waals surface area (Å²) in [6.07, 6.45) is 5.27. The number of nitrogens with two attached hydrogens (primary N) is 1. The second-order valence-corrected chi connectivity index (χ2v) is 6.89. The lowest BCUT2D eigenvalue weighted by atomic mass is 9.99. The van der Waals surface area contributed by atoms with E-state index >= 15 is 0 Å². The number of thiophene rings is 1. The number of hydrogen-bond acceptors (Lipinski definition) is 5. The Hall–Kier alpha value is -1.30. The molecule has 4 rings (SSSR count). The molecule has 0 saturated heterocycles. The lowest BCUT2D eigenvalue weighted by Crippen LogP contribution is -2.16. The van der Waals surface area contributed by atoms with Gasteiger partial charge in [-0.25, -0.2) is 4.98 Å². The van der Waals surface area contributed by atoms with Crippen molar-refractivity contribution in [2.75, 3.05) is 0 Å². The number of pyridine rings is 1. The number of aromatic nitrogens is 2. The highest BCUT2D eigenvalue weighted by Gasteiger charge is 2.22. The van der Waals surface area contributed by atoms with E-state index in [0.29, 0.717) is 0 Å². The molecule has 3 nitrogen and oxygen atoms in total. The monoisotopic (exact) mass is 287 g/mol. The molecule has 0 fully saturated rings. The SMILES string of the molecule is NC1CCCc2sc(-c3cnc4ccsc4c3)nc21. The molecule has 3 heterocycles. The highest BCUT2D eigenvalue weighted by Crippen LogP contribution is 2.36. The van der Waals surface area contributed by atoms with E-state index in [1.807, 2.05) is 12.3 Å². The van der Waals surface area contributed by atoms with E-state index in [4.69, 9.17) is 10.7 Å². The number of hydrogen-bond donors (Lipinski definition) is 1. The van der Waals surface area contributed by atoms with Gasteiger partial charge in [-0.2, -0.15) is 0 Å². The van der Waals surface area contributed by atoms with Crippen molar-refractivity contribution in [3.05, 3.63) is 34.3 Å². The van der Waals surface area contributed by atoms with Gasteiger partial charge in [0, 0.05) is 22.7 Å². The third-order valence-corrected chi connectivity index (χ3v) is 5.58. The highest BCUT2D eigenvalue weighted by molar-refractivity contribution is 7.17. The second kappa shape index (κ2) is 4.37. The van der Waals surface area contributed by atoms with Crippen molar-refractivity contribution in [1.29, 1.82) is 0 Å². The Labute approximate surface area is 119 Å². The molecule has 3 aromatic heterocycles. The molecule has 96 valence electrons. The highest BCUT2D eigenvalue weighted by atomic mass is 32.1. The van der Waals surface area contributed by atoms with E-state index in [0.717, 1.165) is 34.6 Å². The van der Waals surface area contributed by atoms with Crippen LogP contribution in [0.15, 0.2) is 23.7 Å². The van der Waals surface area contributed by atoms with Crippen LogP contribution in [-0.4, -0.2) is 9.97 Å². The largest absolute Gasteiger partial charge is 0.323 e. The Morgan fingerprint density at radius 2 is 2.32 bits per heavy atom. The number of rotatable bonds is 1. The van der Waals surface area contributed by atoms with Crippen molar-refractivity contribution >= 4 is 32.9 Å². The van der Waals surface area contributed by atoms with Gasteiger partial charge in [0.05, 0.1) is 15.9 Å². The lowest BCUT2D eigenvalue weighted by molar-refractivity contribution is 0.564. The predicted molar refractivity (Wildman–Crippen MR) is 80.6 cm³/mol. The topological polar surface area (TPSA) is 51.8 Å². The summed E-state index contributed by atoms with van der Waals surface area (Å²) in [5.41, 5.74) is 9.43. The van der Waals surface area contributed by atoms with Gasteiger partial charge in [-0.05, 0) is 36.8 Å². The van der Waals surface area contributed by atoms with E-state index in [1.165, 1.54) is 16.0 Å². The third-order valence-electron chi connectivity index (χ3n) is 3.55. The summed E-state index contributed by atoms with van der Waals surface area (Å²) in [5, 5.41) is 3.13. The van der Waals surface area contributed by atoms with Gasteiger partial charge in [0.25, 0.3) is 0 Å². The van der Waals surface area contributed by atoms with Gasteiger partial charge in [0.2, 0.25) is 0 Å². The first-order chi connectivity index (χ1) is 9.31. The number of aryl methyl sites for hydroxylation is 1. The quantitative estimate of drug-likeness (QED) is 0.741. The van der Waals surface area contributed by atoms with Crippen LogP contribution in [0.5, 0.6) is 0 Å². The zero-order valence-electron chi connectivity index (χ0n) is 10.3. The molecule has 3 aromatic rings. The summed E-state index contributed by atoms with van der Waals surface area (Å²) in [5.74, 6) is 0. The summed E-state index contributed by atoms with van der Waals surface area (Å²) < 4.78 is 1.22. The van der Waals surface area contributed by atoms with Crippen LogP contribution >= 0.6 is 22.7 Å². The van der Waals surface area contributed by atoms with Crippen molar-refractivity contribution in [2.24, 2.45) is 5.73 Å². The van der Waals surface area contributed by atoms with Gasteiger partial charge in [-0.3, -0.25) is 4.98 Å². The van der Waals surface area contributed by atoms with Crippen LogP contribution in [0.1, 0.15) is 29.5 Å². The van der Waals surface area contributed by atoms with E-state index in [2.05, 4.69) is 16.4 Å². The minimum absolute atomic E-state index is 0.118. The Morgan fingerprint density at radius 1 is 1.37 bits per heavy atom. The minimum atomic E-state index is 0.118. The molecule has 0 spiro atoms. The first-order valence-corrected chi connectivity index (χ1v) is 8.10. The molecular weight excluding hydrogens is 274 g/mol. The van der Waals surface area contributed by atoms with Gasteiger partial charge < -0.3 is 5.73 Å². The first-order valence-electron chi connectivity index (χ1n) is 6.40. The fourth-order valence-corrected chi connectivity index (χ4v) is 4.47. The van der Waals surface area contributed by atoms with Gasteiger partial charge in [-0.1, -0.05) is 0 Å². The zero-order valence-corrected chi connectivity index (χ0v) is 11.9. The molecule has 1 unspecified atom stereocenters. The van der Waals surface area contributed by atoms with Crippen LogP contribution in [0, 0.1) is 0 Å². The van der Waals surface area contributed by atoms with E-state index in [9.17, 15) is 0 Å². The predicted octanol–water partition coefficient (Wildman–Crippen LogP) is 3.76. The van der Waals surface area contributed by atoms with Crippen LogP contribution < -0.4 is 5.73 Å². The van der Waals surface area contributed by atoms with Gasteiger partial charge >= 0.3 is 0 Å². The molecule has 2 N–H and O–H groups in total. The Kier molecular flexibility index (Phi) is 2.65. The van der Waals surface area contributed by atoms with Gasteiger partial charge in [0.1, 0.15) is 5.01 Å². The third kappa shape index (κ3) is 1.89. The average Bonchev–Trinajstić information content (AvgIpc) is 3.04. The van der Waals surface area contributed by atoms with Crippen molar-refractivity contribution in [3.63, 3.8) is 0 Å². The number of nitrogens with zero attached hydrogens (tertiary/aromatic N) is 2. The maximum absolute atomic E-state index is 6.14. The number of thiazole rings is 1. The molecule has 0 aliphatic heterocycles. The van der Waals surface area contributed by atoms with Crippen molar-refractivity contribution in [1.82, 2.24) is 9.97 Å². The van der Waals surface area contributed by atoms with Gasteiger partial charge in [0.15, 0.2) is 0 Å². The average molecular weight is 287 g/mol. The van der Waals surface area contributed by atoms with E-state index in [1.54, 1.807) is 22.7 Å². The van der Waals surface area contributed by atoms with E-state index < -0.39 is 0 Å². The summed E-state index contributed by atoms with van der Waals surface area (Å²) in [6, 6.07) is 4.35. The zero-order chi connectivity index (χ0) is 12.8. The van der Waals surface area contributed by atoms with Crippen LogP contribution in [0.3, 0.4) is 0 Å². The fourth-order valence-electron chi connectivity index (χ4n) is 2.54. The Bertz CT molecular complexity index is 744. The molecule has 19 heavy (non-hydrogen) atoms. The molecule has 0 saturated carbocycles. The summed E-state index contributed by atoms with van der Waals surface area (Å²) in [4.78, 5) is 10.6. The summed E-state index contributed by atoms with van der Waals surface area (Å²) in [7, 11) is 0. The van der Waals surface area contributed by atoms with Crippen LogP contribution in [-0.2, 0) is 6.42 Å². The molecule has 5 heteroatoms. The normalized spacial score (nSPS) is 18.7. The van der Waals surface area contributed by atoms with Crippen molar-refractivity contribution in [2.45, 2.75) is 25.3 Å². The summed E-state index contributed by atoms with van der Waals surface area (Å²) in [6.45, 7) is 0. The standard InChI is InChI=1S/C14H13N3S2/c15-9-2-1-3-11-13(9)17-14(19-11)8-6-12-10(16-7-8)4-5-18-12/h4-7,9H,1-3,15H2. The Morgan fingerprint density at radius 3 is 3.21 bits per heavy atom. The molecule has 1 aliphatic carbocycles. The fraction of sp³-hybridized carbons (Fsp3) is 0.286. The minimum Gasteiger partial charge on any atom is -0.323 e. The molecule has 0 bridgehead atoms. The molecule has 0 amide bonds. The lowest BCUT2D eigenvalue weighted by Gasteiger charge is -2.15. The Balaban J connectivity index is 1.83. The smallest absolute Gasteiger partial charge is 0.125 e. The van der Waals surface area contributed by atoms with Crippen LogP contribution in [0.25, 0.3) is 20.8 Å². The number of fused-ring (bicyclic) bond motifs is 2. The van der Waals surface area contributed by atoms with Crippen LogP contribution in [0.2, 0.25) is 0 Å². The summed E-state index contributed by atoms with van der Waals surface area (Å²) >= 11 is 3.50. The van der Waals surface area contributed by atoms with Crippen molar-refractivity contribution < 1.29 is 0 Å². The van der Waals surface area contributed by atoms with E-state index in [-0.39, 0.29) is 6.04 Å². The molecule has 1 atom stereocenters. The van der Waals surface area contributed by atoms with Crippen molar-refractivity contribution in [3.8, 4) is 10.6 Å².